The Balaban J connectivity index is 2.94. The fraction of sp³-hybridized carbons (Fsp3) is 0.333. The number of hydrogen-bond acceptors (Lipinski definition) is 3. The van der Waals surface area contributed by atoms with Gasteiger partial charge in [0, 0.05) is 18.2 Å². The van der Waals surface area contributed by atoms with Crippen molar-refractivity contribution in [2.24, 2.45) is 5.73 Å². The zero-order valence-corrected chi connectivity index (χ0v) is 11.9. The molecule has 0 aliphatic heterocycles. The van der Waals surface area contributed by atoms with Crippen molar-refractivity contribution in [2.45, 2.75) is 19.9 Å². The molecule has 0 spiro atoms. The molecule has 20 heavy (non-hydrogen) atoms. The van der Waals surface area contributed by atoms with Gasteiger partial charge in [-0.05, 0) is 31.5 Å². The Morgan fingerprint density at radius 3 is 2.70 bits per heavy atom. The molecular weight excluding hydrogens is 254 g/mol. The largest absolute Gasteiger partial charge is 0.357 e. The van der Waals surface area contributed by atoms with Crippen molar-refractivity contribution in [1.82, 2.24) is 10.6 Å². The van der Waals surface area contributed by atoms with Crippen molar-refractivity contribution in [3.05, 3.63) is 34.9 Å². The van der Waals surface area contributed by atoms with E-state index in [9.17, 15) is 9.59 Å². The molecule has 1 aromatic rings. The maximum absolute atomic E-state index is 12.2. The monoisotopic (exact) mass is 273 g/mol. The van der Waals surface area contributed by atoms with Crippen LogP contribution in [0.1, 0.15) is 28.4 Å². The van der Waals surface area contributed by atoms with E-state index in [1.807, 2.05) is 19.1 Å². The minimum atomic E-state index is -0.592. The molecule has 0 bridgehead atoms. The van der Waals surface area contributed by atoms with Crippen molar-refractivity contribution in [1.29, 1.82) is 0 Å². The van der Waals surface area contributed by atoms with E-state index < -0.39 is 6.04 Å². The van der Waals surface area contributed by atoms with Crippen LogP contribution in [0.15, 0.2) is 18.2 Å². The van der Waals surface area contributed by atoms with Crippen LogP contribution in [0.5, 0.6) is 0 Å². The topological polar surface area (TPSA) is 84.2 Å². The van der Waals surface area contributed by atoms with E-state index in [0.717, 1.165) is 11.1 Å². The average molecular weight is 273 g/mol. The number of rotatable bonds is 3. The summed E-state index contributed by atoms with van der Waals surface area (Å²) < 4.78 is 0. The standard InChI is InChI=1S/C15H19N3O2/c1-10-6-7-12(5-4-8-16)9-13(10)15(20)18-11(2)14(19)17-3/h6-7,9,11H,8,16H2,1-3H3,(H,17,19)(H,18,20). The summed E-state index contributed by atoms with van der Waals surface area (Å²) in [6, 6.07) is 4.76. The van der Waals surface area contributed by atoms with Crippen molar-refractivity contribution in [3.63, 3.8) is 0 Å². The molecule has 106 valence electrons. The van der Waals surface area contributed by atoms with E-state index in [0.29, 0.717) is 5.56 Å². The van der Waals surface area contributed by atoms with E-state index >= 15 is 0 Å². The predicted octanol–water partition coefficient (Wildman–Crippen LogP) is 0.170. The Labute approximate surface area is 118 Å². The lowest BCUT2D eigenvalue weighted by molar-refractivity contribution is -0.122. The van der Waals surface area contributed by atoms with Crippen molar-refractivity contribution < 1.29 is 9.59 Å². The molecule has 0 aromatic heterocycles. The minimum Gasteiger partial charge on any atom is -0.357 e. The number of benzene rings is 1. The number of likely N-dealkylation sites (N-methyl/N-ethyl adjacent to an activating group) is 1. The summed E-state index contributed by atoms with van der Waals surface area (Å²) in [4.78, 5) is 23.6. The molecule has 0 heterocycles. The fourth-order valence-electron chi connectivity index (χ4n) is 1.65. The quantitative estimate of drug-likeness (QED) is 0.686. The molecule has 0 radical (unpaired) electrons. The van der Waals surface area contributed by atoms with Gasteiger partial charge in [-0.2, -0.15) is 0 Å². The average Bonchev–Trinajstić information content (AvgIpc) is 2.45. The second-order valence-corrected chi connectivity index (χ2v) is 4.35. The van der Waals surface area contributed by atoms with Gasteiger partial charge < -0.3 is 16.4 Å². The highest BCUT2D eigenvalue weighted by Gasteiger charge is 2.16. The van der Waals surface area contributed by atoms with Gasteiger partial charge in [0.25, 0.3) is 5.91 Å². The second-order valence-electron chi connectivity index (χ2n) is 4.35. The SMILES string of the molecule is CNC(=O)C(C)NC(=O)c1cc(C#CCN)ccc1C. The highest BCUT2D eigenvalue weighted by Crippen LogP contribution is 2.11. The van der Waals surface area contributed by atoms with Gasteiger partial charge in [0.2, 0.25) is 5.91 Å². The van der Waals surface area contributed by atoms with Gasteiger partial charge in [-0.1, -0.05) is 17.9 Å². The molecule has 1 unspecified atom stereocenters. The van der Waals surface area contributed by atoms with Gasteiger partial charge in [0.15, 0.2) is 0 Å². The van der Waals surface area contributed by atoms with Gasteiger partial charge in [0.1, 0.15) is 6.04 Å². The third-order valence-corrected chi connectivity index (χ3v) is 2.80. The Morgan fingerprint density at radius 1 is 1.40 bits per heavy atom. The second kappa shape index (κ2) is 7.31. The third kappa shape index (κ3) is 4.11. The van der Waals surface area contributed by atoms with Crippen LogP contribution in [-0.4, -0.2) is 31.4 Å². The van der Waals surface area contributed by atoms with Gasteiger partial charge in [0.05, 0.1) is 6.54 Å². The Kier molecular flexibility index (Phi) is 5.75. The van der Waals surface area contributed by atoms with Crippen LogP contribution in [-0.2, 0) is 4.79 Å². The first-order valence-corrected chi connectivity index (χ1v) is 6.31. The molecule has 0 saturated carbocycles. The van der Waals surface area contributed by atoms with E-state index in [4.69, 9.17) is 5.73 Å². The summed E-state index contributed by atoms with van der Waals surface area (Å²) in [7, 11) is 1.53. The minimum absolute atomic E-state index is 0.241. The summed E-state index contributed by atoms with van der Waals surface area (Å²) >= 11 is 0. The summed E-state index contributed by atoms with van der Waals surface area (Å²) in [5, 5.41) is 5.13. The molecule has 0 aliphatic rings. The molecule has 0 fully saturated rings. The maximum Gasteiger partial charge on any atom is 0.252 e. The summed E-state index contributed by atoms with van der Waals surface area (Å²) in [6.07, 6.45) is 0. The lowest BCUT2D eigenvalue weighted by Crippen LogP contribution is -2.43. The number of nitrogens with two attached hydrogens (primary N) is 1. The van der Waals surface area contributed by atoms with Gasteiger partial charge in [-0.25, -0.2) is 0 Å². The number of hydrogen-bond donors (Lipinski definition) is 3. The third-order valence-electron chi connectivity index (χ3n) is 2.80. The molecule has 1 atom stereocenters. The lowest BCUT2D eigenvalue weighted by Gasteiger charge is -2.13. The predicted molar refractivity (Wildman–Crippen MR) is 78.1 cm³/mol. The zero-order valence-electron chi connectivity index (χ0n) is 11.9. The molecule has 2 amide bonds. The van der Waals surface area contributed by atoms with Gasteiger partial charge in [-0.15, -0.1) is 0 Å². The first-order chi connectivity index (χ1) is 9.49. The summed E-state index contributed by atoms with van der Waals surface area (Å²) in [6.45, 7) is 3.73. The highest BCUT2D eigenvalue weighted by atomic mass is 16.2. The number of carbonyl (C=O) groups is 2. The van der Waals surface area contributed by atoms with E-state index in [-0.39, 0.29) is 18.4 Å². The van der Waals surface area contributed by atoms with Crippen LogP contribution < -0.4 is 16.4 Å². The van der Waals surface area contributed by atoms with Crippen LogP contribution in [0.25, 0.3) is 0 Å². The smallest absolute Gasteiger partial charge is 0.252 e. The Bertz CT molecular complexity index is 570. The number of aryl methyl sites for hydroxylation is 1. The fourth-order valence-corrected chi connectivity index (χ4v) is 1.65. The van der Waals surface area contributed by atoms with Gasteiger partial charge in [-0.3, -0.25) is 9.59 Å². The van der Waals surface area contributed by atoms with E-state index in [1.54, 1.807) is 13.0 Å². The van der Waals surface area contributed by atoms with Crippen LogP contribution in [0.2, 0.25) is 0 Å². The molecule has 5 heteroatoms. The first kappa shape index (κ1) is 15.7. The molecule has 1 aromatic carbocycles. The summed E-state index contributed by atoms with van der Waals surface area (Å²) in [5.74, 6) is 5.08. The Morgan fingerprint density at radius 2 is 2.10 bits per heavy atom. The Hall–Kier alpha value is -2.32. The molecule has 1 rings (SSSR count). The zero-order chi connectivity index (χ0) is 15.1. The first-order valence-electron chi connectivity index (χ1n) is 6.31. The number of carbonyl (C=O) groups excluding carboxylic acids is 2. The van der Waals surface area contributed by atoms with Gasteiger partial charge >= 0.3 is 0 Å². The van der Waals surface area contributed by atoms with E-state index in [2.05, 4.69) is 22.5 Å². The summed E-state index contributed by atoms with van der Waals surface area (Å²) in [5.41, 5.74) is 7.37. The van der Waals surface area contributed by atoms with Crippen molar-refractivity contribution in [2.75, 3.05) is 13.6 Å². The van der Waals surface area contributed by atoms with Crippen LogP contribution in [0, 0.1) is 18.8 Å². The molecule has 4 N–H and O–H groups in total. The van der Waals surface area contributed by atoms with Crippen LogP contribution >= 0.6 is 0 Å². The molecule has 0 saturated heterocycles. The van der Waals surface area contributed by atoms with E-state index in [1.165, 1.54) is 7.05 Å². The van der Waals surface area contributed by atoms with Crippen molar-refractivity contribution in [3.8, 4) is 11.8 Å². The maximum atomic E-state index is 12.2. The van der Waals surface area contributed by atoms with Crippen molar-refractivity contribution >= 4 is 11.8 Å². The molecule has 0 aliphatic carbocycles. The molecular formula is C15H19N3O2. The number of nitrogens with one attached hydrogen (secondary N) is 2. The van der Waals surface area contributed by atoms with Crippen LogP contribution in [0.4, 0.5) is 0 Å². The highest BCUT2D eigenvalue weighted by molar-refractivity contribution is 5.98. The van der Waals surface area contributed by atoms with Crippen LogP contribution in [0.3, 0.4) is 0 Å². The lowest BCUT2D eigenvalue weighted by atomic mass is 10.0. The number of amides is 2. The normalized spacial score (nSPS) is 11.0. The molecule has 5 nitrogen and oxygen atoms in total.